The van der Waals surface area contributed by atoms with Gasteiger partial charge in [0.1, 0.15) is 17.1 Å². The van der Waals surface area contributed by atoms with Crippen LogP contribution in [0.4, 0.5) is 36.3 Å². The Morgan fingerprint density at radius 3 is 2.72 bits per heavy atom. The fourth-order valence-electron chi connectivity index (χ4n) is 4.26. The highest BCUT2D eigenvalue weighted by molar-refractivity contribution is 7.38. The Kier molecular flexibility index (Phi) is 8.85. The van der Waals surface area contributed by atoms with Gasteiger partial charge >= 0.3 is 6.18 Å². The maximum atomic E-state index is 14.0. The van der Waals surface area contributed by atoms with Gasteiger partial charge in [-0.2, -0.15) is 23.3 Å². The van der Waals surface area contributed by atoms with Crippen molar-refractivity contribution in [2.24, 2.45) is 0 Å². The molecule has 8 bridgehead atoms. The number of methoxy groups -OCH3 is 1. The molecular weight excluding hydrogens is 612 g/mol. The minimum atomic E-state index is -4.83. The Morgan fingerprint density at radius 2 is 1.98 bits per heavy atom. The van der Waals surface area contributed by atoms with Crippen molar-refractivity contribution in [2.45, 2.75) is 25.3 Å². The molecule has 4 aliphatic rings. The topological polar surface area (TPSA) is 145 Å². The molecule has 1 amide bonds. The van der Waals surface area contributed by atoms with Gasteiger partial charge in [0.25, 0.3) is 5.91 Å². The molecule has 1 aromatic carbocycles. The van der Waals surface area contributed by atoms with Crippen LogP contribution in [0.15, 0.2) is 42.7 Å². The number of nitrogens with zero attached hydrogens (tertiary/aromatic N) is 5. The monoisotopic (exact) mass is 636 g/mol. The Morgan fingerprint density at radius 1 is 1.19 bits per heavy atom. The molecule has 3 aromatic heterocycles. The molecule has 12 nitrogen and oxygen atoms in total. The summed E-state index contributed by atoms with van der Waals surface area (Å²) in [7, 11) is 0.341. The van der Waals surface area contributed by atoms with E-state index < -0.39 is 31.5 Å². The highest BCUT2D eigenvalue weighted by Crippen LogP contribution is 2.38. The quantitative estimate of drug-likeness (QED) is 0.236. The minimum Gasteiger partial charge on any atom is -0.495 e. The van der Waals surface area contributed by atoms with Crippen LogP contribution in [0.2, 0.25) is 5.15 Å². The summed E-state index contributed by atoms with van der Waals surface area (Å²) in [5.74, 6) is -1.16. The van der Waals surface area contributed by atoms with Crippen LogP contribution in [0.5, 0.6) is 5.75 Å². The summed E-state index contributed by atoms with van der Waals surface area (Å²) in [6.07, 6.45) is -1.94. The van der Waals surface area contributed by atoms with E-state index in [0.29, 0.717) is 41.7 Å². The number of nitrogens with one attached hydrogen (secondary N) is 3. The van der Waals surface area contributed by atoms with E-state index in [-0.39, 0.29) is 40.9 Å². The Balaban J connectivity index is 1.63. The molecule has 0 fully saturated rings. The zero-order chi connectivity index (χ0) is 30.7. The molecule has 7 heterocycles. The van der Waals surface area contributed by atoms with Crippen LogP contribution in [0.25, 0.3) is 11.3 Å². The van der Waals surface area contributed by atoms with E-state index in [1.165, 1.54) is 26.3 Å². The van der Waals surface area contributed by atoms with E-state index in [0.717, 1.165) is 0 Å². The molecule has 17 heteroatoms. The molecule has 0 aliphatic carbocycles. The van der Waals surface area contributed by atoms with Crippen molar-refractivity contribution in [3.63, 3.8) is 0 Å². The fourth-order valence-corrected chi connectivity index (χ4v) is 5.53. The standard InChI is InChI=1S/C26H25ClF3N8O4P/c1-31-24(39)21-19-7-6-17(33-21)15-12-38(37-22(15)27)8-3-9-42-43(40)13-14-4-5-18(20(10-14)41-2)35-25-32-11-16(26(28,29)30)23(34-19)36-25/h4-7,10-12,43H,3,8-9,13H2,1-2H3,(H,31,39)(H2,32,34,35,36). The first kappa shape index (κ1) is 30.3. The third-order valence-corrected chi connectivity index (χ3v) is 7.83. The zero-order valence-corrected chi connectivity index (χ0v) is 24.5. The summed E-state index contributed by atoms with van der Waals surface area (Å²) in [5.41, 5.74) is 0.269. The number of aromatic nitrogens is 5. The van der Waals surface area contributed by atoms with Crippen LogP contribution in [-0.4, -0.2) is 51.4 Å². The van der Waals surface area contributed by atoms with E-state index >= 15 is 0 Å². The normalized spacial score (nSPS) is 15.5. The van der Waals surface area contributed by atoms with Gasteiger partial charge in [-0.25, -0.2) is 9.97 Å². The third kappa shape index (κ3) is 6.90. The van der Waals surface area contributed by atoms with E-state index in [4.69, 9.17) is 20.9 Å². The lowest BCUT2D eigenvalue weighted by molar-refractivity contribution is -0.137. The third-order valence-electron chi connectivity index (χ3n) is 6.33. The average Bonchev–Trinajstić information content (AvgIpc) is 3.35. The molecule has 4 aromatic rings. The van der Waals surface area contributed by atoms with Crippen LogP contribution in [0, 0.1) is 0 Å². The number of halogens is 4. The number of amides is 1. The zero-order valence-electron chi connectivity index (χ0n) is 22.8. The van der Waals surface area contributed by atoms with E-state index in [1.54, 1.807) is 29.1 Å². The van der Waals surface area contributed by atoms with E-state index in [1.807, 2.05) is 0 Å². The number of carbonyl (C=O) groups excluding carboxylic acids is 1. The molecule has 3 N–H and O–H groups in total. The number of anilines is 4. The number of benzene rings is 1. The lowest BCUT2D eigenvalue weighted by Gasteiger charge is -2.17. The number of pyridine rings is 1. The molecule has 0 saturated heterocycles. The van der Waals surface area contributed by atoms with Gasteiger partial charge in [0.05, 0.1) is 36.3 Å². The maximum Gasteiger partial charge on any atom is 0.421 e. The first-order valence-electron chi connectivity index (χ1n) is 12.8. The number of rotatable bonds is 2. The first-order valence-corrected chi connectivity index (χ1v) is 14.7. The molecule has 1 atom stereocenters. The van der Waals surface area contributed by atoms with Crippen molar-refractivity contribution in [1.82, 2.24) is 30.0 Å². The SMILES string of the molecule is CNC(=O)c1nc2ccc1Nc1nc(ncc1C(F)(F)F)Nc1ccc(cc1OC)C[PH](=O)OCCCn1cc-2c(Cl)n1. The second-order valence-electron chi connectivity index (χ2n) is 9.26. The van der Waals surface area contributed by atoms with Crippen LogP contribution >= 0.6 is 19.6 Å². The van der Waals surface area contributed by atoms with Crippen molar-refractivity contribution in [3.05, 3.63) is 64.7 Å². The van der Waals surface area contributed by atoms with Gasteiger partial charge in [0.15, 0.2) is 18.9 Å². The lowest BCUT2D eigenvalue weighted by Crippen LogP contribution is -2.21. The van der Waals surface area contributed by atoms with E-state index in [9.17, 15) is 22.5 Å². The van der Waals surface area contributed by atoms with Crippen LogP contribution < -0.4 is 20.7 Å². The van der Waals surface area contributed by atoms with Crippen LogP contribution in [-0.2, 0) is 28.0 Å². The first-order chi connectivity index (χ1) is 20.5. The number of hydrogen-bond acceptors (Lipinski definition) is 10. The highest BCUT2D eigenvalue weighted by atomic mass is 35.5. The summed E-state index contributed by atoms with van der Waals surface area (Å²) in [5, 5.41) is 12.3. The molecule has 0 radical (unpaired) electrons. The number of ether oxygens (including phenoxy) is 1. The summed E-state index contributed by atoms with van der Waals surface area (Å²) >= 11 is 6.37. The smallest absolute Gasteiger partial charge is 0.421 e. The summed E-state index contributed by atoms with van der Waals surface area (Å²) in [6, 6.07) is 7.81. The van der Waals surface area contributed by atoms with Gasteiger partial charge in [0.2, 0.25) is 5.95 Å². The predicted molar refractivity (Wildman–Crippen MR) is 154 cm³/mol. The summed E-state index contributed by atoms with van der Waals surface area (Å²) in [4.78, 5) is 25.1. The van der Waals surface area contributed by atoms with Crippen molar-refractivity contribution in [2.75, 3.05) is 31.4 Å². The van der Waals surface area contributed by atoms with E-state index in [2.05, 4.69) is 36.0 Å². The van der Waals surface area contributed by atoms with Crippen molar-refractivity contribution < 1.29 is 31.8 Å². The Labute approximate surface area is 248 Å². The minimum absolute atomic E-state index is 0.0433. The van der Waals surface area contributed by atoms with Crippen molar-refractivity contribution in [3.8, 4) is 17.0 Å². The number of aryl methyl sites for hydroxylation is 1. The molecule has 226 valence electrons. The van der Waals surface area contributed by atoms with Gasteiger partial charge in [-0.15, -0.1) is 0 Å². The second-order valence-corrected chi connectivity index (χ2v) is 11.0. The van der Waals surface area contributed by atoms with Gasteiger partial charge in [-0.1, -0.05) is 17.7 Å². The van der Waals surface area contributed by atoms with Crippen LogP contribution in [0.3, 0.4) is 0 Å². The number of alkyl halides is 3. The Hall–Kier alpha value is -4.20. The molecule has 0 spiro atoms. The molecule has 0 saturated carbocycles. The van der Waals surface area contributed by atoms with Gasteiger partial charge < -0.3 is 25.2 Å². The molecule has 43 heavy (non-hydrogen) atoms. The van der Waals surface area contributed by atoms with Crippen molar-refractivity contribution in [1.29, 1.82) is 0 Å². The lowest BCUT2D eigenvalue weighted by atomic mass is 10.1. The molecule has 1 unspecified atom stereocenters. The maximum absolute atomic E-state index is 14.0. The molecule has 8 rings (SSSR count). The largest absolute Gasteiger partial charge is 0.495 e. The summed E-state index contributed by atoms with van der Waals surface area (Å²) in [6.45, 7) is 0.607. The second kappa shape index (κ2) is 12.6. The van der Waals surface area contributed by atoms with Gasteiger partial charge in [0, 0.05) is 32.1 Å². The highest BCUT2D eigenvalue weighted by Gasteiger charge is 2.36. The average molecular weight is 637 g/mol. The number of hydrogen-bond donors (Lipinski definition) is 3. The van der Waals surface area contributed by atoms with Gasteiger partial charge in [-0.05, 0) is 36.2 Å². The predicted octanol–water partition coefficient (Wildman–Crippen LogP) is 5.66. The fraction of sp³-hybridized carbons (Fsp3) is 0.269. The van der Waals surface area contributed by atoms with Gasteiger partial charge in [-0.3, -0.25) is 14.0 Å². The molecular formula is C26H25ClF3N8O4P. The van der Waals surface area contributed by atoms with Crippen LogP contribution in [0.1, 0.15) is 28.0 Å². The molecule has 4 aliphatic heterocycles. The Bertz CT molecular complexity index is 1700. The number of carbonyl (C=O) groups is 1. The van der Waals surface area contributed by atoms with Crippen molar-refractivity contribution >= 4 is 48.7 Å². The summed E-state index contributed by atoms with van der Waals surface area (Å²) < 4.78 is 67.1.